The maximum atomic E-state index is 12.8. The van der Waals surface area contributed by atoms with E-state index in [0.717, 1.165) is 32.4 Å². The number of benzene rings is 1. The Morgan fingerprint density at radius 3 is 2.67 bits per heavy atom. The molecule has 2 aromatic rings. The van der Waals surface area contributed by atoms with Gasteiger partial charge in [0, 0.05) is 49.7 Å². The third-order valence-corrected chi connectivity index (χ3v) is 6.38. The number of likely N-dealkylation sites (tertiary alicyclic amines) is 2. The van der Waals surface area contributed by atoms with Gasteiger partial charge in [-0.1, -0.05) is 19.1 Å². The van der Waals surface area contributed by atoms with Crippen molar-refractivity contribution < 1.29 is 9.59 Å². The maximum Gasteiger partial charge on any atom is 0.227 e. The van der Waals surface area contributed by atoms with Crippen molar-refractivity contribution in [3.05, 3.63) is 35.5 Å². The molecule has 2 fully saturated rings. The van der Waals surface area contributed by atoms with Gasteiger partial charge in [0.05, 0.1) is 5.92 Å². The molecule has 3 heterocycles. The lowest BCUT2D eigenvalue weighted by Crippen LogP contribution is -2.42. The zero-order valence-electron chi connectivity index (χ0n) is 16.3. The van der Waals surface area contributed by atoms with Crippen molar-refractivity contribution in [1.29, 1.82) is 0 Å². The van der Waals surface area contributed by atoms with E-state index in [1.807, 2.05) is 11.8 Å². The number of hydrogen-bond donors (Lipinski definition) is 1. The number of fused-ring (bicyclic) bond motifs is 1. The molecule has 4 rings (SSSR count). The summed E-state index contributed by atoms with van der Waals surface area (Å²) in [5, 5.41) is 1.32. The van der Waals surface area contributed by atoms with Crippen LogP contribution in [0.4, 0.5) is 0 Å². The van der Waals surface area contributed by atoms with Gasteiger partial charge in [0.2, 0.25) is 11.8 Å². The van der Waals surface area contributed by atoms with E-state index in [4.69, 9.17) is 0 Å². The first-order valence-corrected chi connectivity index (χ1v) is 10.3. The summed E-state index contributed by atoms with van der Waals surface area (Å²) in [6.07, 6.45) is 5.57. The van der Waals surface area contributed by atoms with E-state index in [1.54, 1.807) is 4.90 Å². The van der Waals surface area contributed by atoms with Crippen molar-refractivity contribution >= 4 is 22.7 Å². The van der Waals surface area contributed by atoms with Gasteiger partial charge in [0.15, 0.2) is 0 Å². The first-order chi connectivity index (χ1) is 13.1. The Morgan fingerprint density at radius 2 is 2.00 bits per heavy atom. The molecular weight excluding hydrogens is 338 g/mol. The molecule has 2 saturated heterocycles. The van der Waals surface area contributed by atoms with Crippen LogP contribution < -0.4 is 0 Å². The number of carbonyl (C=O) groups is 2. The van der Waals surface area contributed by atoms with Crippen LogP contribution in [0.2, 0.25) is 0 Å². The molecule has 2 aliphatic rings. The first-order valence-electron chi connectivity index (χ1n) is 10.3. The summed E-state index contributed by atoms with van der Waals surface area (Å²) in [5.74, 6) is 0.641. The molecule has 5 heteroatoms. The Bertz CT molecular complexity index is 848. The molecule has 0 bridgehead atoms. The Hall–Kier alpha value is -2.30. The Labute approximate surface area is 160 Å². The second-order valence-corrected chi connectivity index (χ2v) is 7.91. The molecule has 1 atom stereocenters. The number of nitrogens with one attached hydrogen (secondary N) is 1. The summed E-state index contributed by atoms with van der Waals surface area (Å²) in [5.41, 5.74) is 3.95. The summed E-state index contributed by atoms with van der Waals surface area (Å²) < 4.78 is 0. The molecule has 1 unspecified atom stereocenters. The molecule has 0 saturated carbocycles. The SMILES string of the molecule is CCc1ccc2c(C3CCN(C(=O)C4CC(=O)N(CC)C4)CC3)c[nH]c2c1. The normalized spacial score (nSPS) is 21.4. The van der Waals surface area contributed by atoms with Crippen LogP contribution in [0.3, 0.4) is 0 Å². The minimum absolute atomic E-state index is 0.121. The van der Waals surface area contributed by atoms with Crippen molar-refractivity contribution in [2.75, 3.05) is 26.2 Å². The van der Waals surface area contributed by atoms with E-state index in [1.165, 1.54) is 22.0 Å². The molecule has 0 radical (unpaired) electrons. The number of amides is 2. The number of nitrogens with zero attached hydrogens (tertiary/aromatic N) is 2. The van der Waals surface area contributed by atoms with Gasteiger partial charge in [0.25, 0.3) is 0 Å². The van der Waals surface area contributed by atoms with Crippen molar-refractivity contribution in [2.24, 2.45) is 5.92 Å². The van der Waals surface area contributed by atoms with Crippen LogP contribution in [-0.2, 0) is 16.0 Å². The molecule has 2 aliphatic heterocycles. The van der Waals surface area contributed by atoms with Gasteiger partial charge >= 0.3 is 0 Å². The van der Waals surface area contributed by atoms with Crippen LogP contribution in [0.5, 0.6) is 0 Å². The fourth-order valence-electron chi connectivity index (χ4n) is 4.67. The third-order valence-electron chi connectivity index (χ3n) is 6.38. The minimum Gasteiger partial charge on any atom is -0.361 e. The van der Waals surface area contributed by atoms with Crippen LogP contribution in [0.15, 0.2) is 24.4 Å². The molecule has 1 N–H and O–H groups in total. The predicted octanol–water partition coefficient (Wildman–Crippen LogP) is 3.30. The predicted molar refractivity (Wildman–Crippen MR) is 107 cm³/mol. The van der Waals surface area contributed by atoms with Crippen molar-refractivity contribution in [3.63, 3.8) is 0 Å². The van der Waals surface area contributed by atoms with Crippen molar-refractivity contribution in [3.8, 4) is 0 Å². The van der Waals surface area contributed by atoms with Crippen LogP contribution in [-0.4, -0.2) is 52.8 Å². The van der Waals surface area contributed by atoms with Gasteiger partial charge in [-0.25, -0.2) is 0 Å². The lowest BCUT2D eigenvalue weighted by molar-refractivity contribution is -0.136. The molecule has 0 spiro atoms. The molecule has 1 aromatic heterocycles. The Morgan fingerprint density at radius 1 is 1.22 bits per heavy atom. The number of carbonyl (C=O) groups excluding carboxylic acids is 2. The van der Waals surface area contributed by atoms with Crippen LogP contribution in [0, 0.1) is 5.92 Å². The van der Waals surface area contributed by atoms with Gasteiger partial charge in [0.1, 0.15) is 0 Å². The number of aromatic nitrogens is 1. The molecule has 1 aromatic carbocycles. The van der Waals surface area contributed by atoms with Crippen molar-refractivity contribution in [2.45, 2.75) is 45.4 Å². The van der Waals surface area contributed by atoms with E-state index in [0.29, 0.717) is 25.4 Å². The summed E-state index contributed by atoms with van der Waals surface area (Å²) in [7, 11) is 0. The van der Waals surface area contributed by atoms with Gasteiger partial charge in [-0.2, -0.15) is 0 Å². The van der Waals surface area contributed by atoms with E-state index in [-0.39, 0.29) is 17.7 Å². The molecule has 0 aliphatic carbocycles. The van der Waals surface area contributed by atoms with Gasteiger partial charge in [-0.05, 0) is 49.3 Å². The fraction of sp³-hybridized carbons (Fsp3) is 0.545. The number of piperidine rings is 1. The summed E-state index contributed by atoms with van der Waals surface area (Å²) >= 11 is 0. The summed E-state index contributed by atoms with van der Waals surface area (Å²) in [4.78, 5) is 32.0. The first kappa shape index (κ1) is 18.1. The van der Waals surface area contributed by atoms with Gasteiger partial charge < -0.3 is 14.8 Å². The second-order valence-electron chi connectivity index (χ2n) is 7.91. The molecule has 5 nitrogen and oxygen atoms in total. The van der Waals surface area contributed by atoms with E-state index in [9.17, 15) is 9.59 Å². The zero-order valence-corrected chi connectivity index (χ0v) is 16.3. The lowest BCUT2D eigenvalue weighted by Gasteiger charge is -2.33. The van der Waals surface area contributed by atoms with E-state index in [2.05, 4.69) is 36.3 Å². The fourth-order valence-corrected chi connectivity index (χ4v) is 4.67. The molecular formula is C22H29N3O2. The topological polar surface area (TPSA) is 56.4 Å². The van der Waals surface area contributed by atoms with Crippen LogP contribution >= 0.6 is 0 Å². The van der Waals surface area contributed by atoms with E-state index < -0.39 is 0 Å². The number of rotatable bonds is 4. The van der Waals surface area contributed by atoms with Gasteiger partial charge in [-0.15, -0.1) is 0 Å². The molecule has 27 heavy (non-hydrogen) atoms. The summed E-state index contributed by atoms with van der Waals surface area (Å²) in [6.45, 7) is 7.03. The monoisotopic (exact) mass is 367 g/mol. The van der Waals surface area contributed by atoms with Crippen LogP contribution in [0.25, 0.3) is 10.9 Å². The Balaban J connectivity index is 1.41. The average Bonchev–Trinajstić information content (AvgIpc) is 3.30. The average molecular weight is 367 g/mol. The second kappa shape index (κ2) is 7.37. The summed E-state index contributed by atoms with van der Waals surface area (Å²) in [6, 6.07) is 6.70. The highest BCUT2D eigenvalue weighted by Gasteiger charge is 2.37. The third kappa shape index (κ3) is 3.35. The van der Waals surface area contributed by atoms with Gasteiger partial charge in [-0.3, -0.25) is 9.59 Å². The Kier molecular flexibility index (Phi) is 4.94. The number of aryl methyl sites for hydroxylation is 1. The molecule has 2 amide bonds. The highest BCUT2D eigenvalue weighted by Crippen LogP contribution is 2.34. The number of aromatic amines is 1. The quantitative estimate of drug-likeness (QED) is 0.901. The van der Waals surface area contributed by atoms with Crippen molar-refractivity contribution in [1.82, 2.24) is 14.8 Å². The lowest BCUT2D eigenvalue weighted by atomic mass is 9.88. The maximum absolute atomic E-state index is 12.8. The highest BCUT2D eigenvalue weighted by molar-refractivity contribution is 5.89. The smallest absolute Gasteiger partial charge is 0.227 e. The minimum atomic E-state index is -0.144. The zero-order chi connectivity index (χ0) is 19.0. The van der Waals surface area contributed by atoms with Crippen LogP contribution in [0.1, 0.15) is 50.2 Å². The highest BCUT2D eigenvalue weighted by atomic mass is 16.2. The number of hydrogen-bond acceptors (Lipinski definition) is 2. The molecule has 144 valence electrons. The van der Waals surface area contributed by atoms with E-state index >= 15 is 0 Å². The standard InChI is InChI=1S/C22H29N3O2/c1-3-15-5-6-18-19(13-23-20(18)11-15)16-7-9-25(10-8-16)22(27)17-12-21(26)24(4-2)14-17/h5-6,11,13,16-17,23H,3-4,7-10,12,14H2,1-2H3. The number of H-pyrrole nitrogens is 1. The largest absolute Gasteiger partial charge is 0.361 e.